The summed E-state index contributed by atoms with van der Waals surface area (Å²) in [6.07, 6.45) is 1.63. The van der Waals surface area contributed by atoms with Crippen LogP contribution < -0.4 is 5.32 Å². The fourth-order valence-corrected chi connectivity index (χ4v) is 4.32. The average Bonchev–Trinajstić information content (AvgIpc) is 2.59. The van der Waals surface area contributed by atoms with Crippen molar-refractivity contribution in [1.82, 2.24) is 18.8 Å². The highest BCUT2D eigenvalue weighted by atomic mass is 32.2. The van der Waals surface area contributed by atoms with Crippen LogP contribution in [0.4, 0.5) is 4.79 Å². The molecule has 3 saturated heterocycles. The first-order chi connectivity index (χ1) is 12.2. The number of morpholine rings is 1. The maximum atomic E-state index is 12.1. The minimum absolute atomic E-state index is 0.0183. The number of hydrogen-bond donors (Lipinski definition) is 1. The lowest BCUT2D eigenvalue weighted by atomic mass is 9.91. The van der Waals surface area contributed by atoms with Crippen molar-refractivity contribution in [2.45, 2.75) is 44.8 Å². The summed E-state index contributed by atoms with van der Waals surface area (Å²) in [4.78, 5) is 25.2. The molecule has 0 unspecified atom stereocenters. The highest BCUT2D eigenvalue weighted by molar-refractivity contribution is 7.94. The van der Waals surface area contributed by atoms with Gasteiger partial charge in [0.15, 0.2) is 0 Å². The van der Waals surface area contributed by atoms with Gasteiger partial charge in [-0.15, -0.1) is 0 Å². The van der Waals surface area contributed by atoms with Crippen LogP contribution in [0.2, 0.25) is 0 Å². The third-order valence-corrected chi connectivity index (χ3v) is 6.06. The maximum absolute atomic E-state index is 12.1. The zero-order valence-electron chi connectivity index (χ0n) is 16.0. The minimum Gasteiger partial charge on any atom is -0.444 e. The van der Waals surface area contributed by atoms with E-state index >= 15 is 0 Å². The predicted molar refractivity (Wildman–Crippen MR) is 99.5 cm³/mol. The van der Waals surface area contributed by atoms with E-state index in [2.05, 4.69) is 13.9 Å². The summed E-state index contributed by atoms with van der Waals surface area (Å²) in [5, 5.41) is 2.92. The van der Waals surface area contributed by atoms with Crippen molar-refractivity contribution in [1.29, 1.82) is 0 Å². The second-order valence-electron chi connectivity index (χ2n) is 8.16. The summed E-state index contributed by atoms with van der Waals surface area (Å²) >= 11 is 1.76. The molecule has 1 spiro atoms. The molecule has 3 aliphatic rings. The van der Waals surface area contributed by atoms with Gasteiger partial charge in [0.1, 0.15) is 12.2 Å². The molecule has 0 saturated carbocycles. The van der Waals surface area contributed by atoms with Gasteiger partial charge in [-0.3, -0.25) is 4.79 Å². The standard InChI is InChI=1S/C17H30N4O4S/c1-16(2,3)25-15(23)19-8-10-21(11-9-19)26-20-6-4-17(5-7-20)13-18-14(22)12-24-17/h4-13H2,1-3H3,(H,18,22). The lowest BCUT2D eigenvalue weighted by Crippen LogP contribution is -2.57. The quantitative estimate of drug-likeness (QED) is 0.712. The van der Waals surface area contributed by atoms with E-state index in [0.29, 0.717) is 19.6 Å². The molecular weight excluding hydrogens is 356 g/mol. The smallest absolute Gasteiger partial charge is 0.410 e. The van der Waals surface area contributed by atoms with E-state index < -0.39 is 5.60 Å². The van der Waals surface area contributed by atoms with Crippen molar-refractivity contribution in [2.24, 2.45) is 0 Å². The first kappa shape index (κ1) is 19.7. The predicted octanol–water partition coefficient (Wildman–Crippen LogP) is 1.08. The molecule has 0 aromatic rings. The number of nitrogens with zero attached hydrogens (tertiary/aromatic N) is 3. The lowest BCUT2D eigenvalue weighted by Gasteiger charge is -2.44. The van der Waals surface area contributed by atoms with Crippen LogP contribution in [0.25, 0.3) is 0 Å². The molecule has 3 fully saturated rings. The van der Waals surface area contributed by atoms with E-state index in [-0.39, 0.29) is 24.2 Å². The highest BCUT2D eigenvalue weighted by Crippen LogP contribution is 2.31. The van der Waals surface area contributed by atoms with Gasteiger partial charge in [0.25, 0.3) is 0 Å². The van der Waals surface area contributed by atoms with E-state index in [1.165, 1.54) is 0 Å². The van der Waals surface area contributed by atoms with Crippen LogP contribution in [-0.2, 0) is 14.3 Å². The molecule has 26 heavy (non-hydrogen) atoms. The molecule has 8 nitrogen and oxygen atoms in total. The van der Waals surface area contributed by atoms with Crippen molar-refractivity contribution in [3.8, 4) is 0 Å². The molecule has 1 N–H and O–H groups in total. The Morgan fingerprint density at radius 1 is 1.12 bits per heavy atom. The average molecular weight is 387 g/mol. The summed E-state index contributed by atoms with van der Waals surface area (Å²) in [6, 6.07) is 0. The molecule has 0 aliphatic carbocycles. The molecule has 3 rings (SSSR count). The summed E-state index contributed by atoms with van der Waals surface area (Å²) < 4.78 is 15.9. The van der Waals surface area contributed by atoms with E-state index in [1.807, 2.05) is 20.8 Å². The number of rotatable bonds is 2. The Kier molecular flexibility index (Phi) is 6.01. The van der Waals surface area contributed by atoms with Gasteiger partial charge in [-0.05, 0) is 33.6 Å². The number of carbonyl (C=O) groups excluding carboxylic acids is 2. The first-order valence-electron chi connectivity index (χ1n) is 9.31. The van der Waals surface area contributed by atoms with Gasteiger partial charge in [0.05, 0.1) is 5.60 Å². The molecule has 0 radical (unpaired) electrons. The van der Waals surface area contributed by atoms with Gasteiger partial charge < -0.3 is 19.7 Å². The van der Waals surface area contributed by atoms with E-state index in [1.54, 1.807) is 17.0 Å². The second-order valence-corrected chi connectivity index (χ2v) is 9.35. The number of carbonyl (C=O) groups is 2. The normalized spacial score (nSPS) is 25.2. The van der Waals surface area contributed by atoms with Gasteiger partial charge in [-0.1, -0.05) is 0 Å². The fourth-order valence-electron chi connectivity index (χ4n) is 3.32. The summed E-state index contributed by atoms with van der Waals surface area (Å²) in [7, 11) is 0. The topological polar surface area (TPSA) is 74.4 Å². The molecular formula is C17H30N4O4S. The Bertz CT molecular complexity index is 511. The van der Waals surface area contributed by atoms with Crippen molar-refractivity contribution < 1.29 is 19.1 Å². The van der Waals surface area contributed by atoms with Crippen LogP contribution in [-0.4, -0.2) is 89.1 Å². The minimum atomic E-state index is -0.451. The molecule has 3 aliphatic heterocycles. The molecule has 2 amide bonds. The summed E-state index contributed by atoms with van der Waals surface area (Å²) in [5.41, 5.74) is -0.631. The fraction of sp³-hybridized carbons (Fsp3) is 0.882. The summed E-state index contributed by atoms with van der Waals surface area (Å²) in [5.74, 6) is -0.0183. The van der Waals surface area contributed by atoms with Crippen LogP contribution in [0.15, 0.2) is 0 Å². The third-order valence-electron chi connectivity index (χ3n) is 4.87. The van der Waals surface area contributed by atoms with E-state index in [9.17, 15) is 9.59 Å². The van der Waals surface area contributed by atoms with Crippen molar-refractivity contribution >= 4 is 24.1 Å². The molecule has 0 aromatic carbocycles. The van der Waals surface area contributed by atoms with E-state index in [4.69, 9.17) is 9.47 Å². The van der Waals surface area contributed by atoms with E-state index in [0.717, 1.165) is 39.0 Å². The van der Waals surface area contributed by atoms with Crippen LogP contribution in [0.1, 0.15) is 33.6 Å². The summed E-state index contributed by atoms with van der Waals surface area (Å²) in [6.45, 7) is 11.4. The van der Waals surface area contributed by atoms with Gasteiger partial charge in [-0.25, -0.2) is 13.4 Å². The Hall–Kier alpha value is -1.03. The second kappa shape index (κ2) is 7.92. The lowest BCUT2D eigenvalue weighted by molar-refractivity contribution is -0.148. The molecule has 148 valence electrons. The number of ether oxygens (including phenoxy) is 2. The molecule has 0 atom stereocenters. The van der Waals surface area contributed by atoms with Crippen molar-refractivity contribution in [3.05, 3.63) is 0 Å². The molecule has 0 aromatic heterocycles. The van der Waals surface area contributed by atoms with Gasteiger partial charge >= 0.3 is 6.09 Å². The molecule has 3 heterocycles. The number of amides is 2. The number of piperazine rings is 1. The highest BCUT2D eigenvalue weighted by Gasteiger charge is 2.39. The Labute approximate surface area is 159 Å². The van der Waals surface area contributed by atoms with Crippen LogP contribution in [0.3, 0.4) is 0 Å². The maximum Gasteiger partial charge on any atom is 0.410 e. The van der Waals surface area contributed by atoms with Crippen LogP contribution in [0, 0.1) is 0 Å². The van der Waals surface area contributed by atoms with Gasteiger partial charge in [0, 0.05) is 57.9 Å². The SMILES string of the molecule is CC(C)(C)OC(=O)N1CCN(SN2CCC3(CC2)CNC(=O)CO3)CC1. The third kappa shape index (κ3) is 5.25. The Morgan fingerprint density at radius 2 is 1.73 bits per heavy atom. The molecule has 0 bridgehead atoms. The molecule has 9 heteroatoms. The van der Waals surface area contributed by atoms with Crippen molar-refractivity contribution in [3.63, 3.8) is 0 Å². The van der Waals surface area contributed by atoms with Gasteiger partial charge in [0.2, 0.25) is 5.91 Å². The number of piperidine rings is 1. The zero-order chi connectivity index (χ0) is 18.8. The number of nitrogens with one attached hydrogen (secondary N) is 1. The number of hydrogen-bond acceptors (Lipinski definition) is 7. The van der Waals surface area contributed by atoms with Crippen LogP contribution >= 0.6 is 12.1 Å². The Balaban J connectivity index is 1.38. The zero-order valence-corrected chi connectivity index (χ0v) is 16.8. The first-order valence-corrected chi connectivity index (χ1v) is 10.0. The van der Waals surface area contributed by atoms with Crippen LogP contribution in [0.5, 0.6) is 0 Å². The largest absolute Gasteiger partial charge is 0.444 e. The Morgan fingerprint density at radius 3 is 2.27 bits per heavy atom. The van der Waals surface area contributed by atoms with Crippen molar-refractivity contribution in [2.75, 3.05) is 52.4 Å². The monoisotopic (exact) mass is 386 g/mol. The van der Waals surface area contributed by atoms with Gasteiger partial charge in [-0.2, -0.15) is 0 Å².